The lowest BCUT2D eigenvalue weighted by atomic mass is 10.2. The highest BCUT2D eigenvalue weighted by atomic mass is 15.0. The Bertz CT molecular complexity index is 924. The Labute approximate surface area is 115 Å². The average Bonchev–Trinajstić information content (AvgIpc) is 2.92. The number of nitrogens with one attached hydrogen (secondary N) is 1. The highest BCUT2D eigenvalue weighted by molar-refractivity contribution is 5.83. The molecule has 0 aliphatic heterocycles. The first-order valence-electron chi connectivity index (χ1n) is 6.49. The van der Waals surface area contributed by atoms with Gasteiger partial charge in [-0.05, 0) is 42.8 Å². The molecule has 0 aliphatic carbocycles. The van der Waals surface area contributed by atoms with Crippen molar-refractivity contribution in [3.8, 4) is 11.5 Å². The molecule has 3 aromatic heterocycles. The van der Waals surface area contributed by atoms with Gasteiger partial charge in [-0.2, -0.15) is 0 Å². The number of aryl methyl sites for hydroxylation is 1. The Hall–Kier alpha value is -2.75. The molecule has 0 unspecified atom stereocenters. The summed E-state index contributed by atoms with van der Waals surface area (Å²) in [5.74, 6) is 0.779. The van der Waals surface area contributed by atoms with E-state index >= 15 is 0 Å². The van der Waals surface area contributed by atoms with Crippen molar-refractivity contribution in [1.82, 2.24) is 19.9 Å². The largest absolute Gasteiger partial charge is 0.337 e. The minimum Gasteiger partial charge on any atom is -0.337 e. The molecule has 4 rings (SSSR count). The fourth-order valence-electron chi connectivity index (χ4n) is 2.38. The number of pyridine rings is 2. The predicted molar refractivity (Wildman–Crippen MR) is 79.4 cm³/mol. The van der Waals surface area contributed by atoms with Crippen LogP contribution in [0, 0.1) is 6.92 Å². The lowest BCUT2D eigenvalue weighted by Crippen LogP contribution is -1.88. The fraction of sp³-hybridized carbons (Fsp3) is 0.0625. The van der Waals surface area contributed by atoms with E-state index in [0.29, 0.717) is 0 Å². The smallest absolute Gasteiger partial charge is 0.159 e. The monoisotopic (exact) mass is 260 g/mol. The molecular formula is C16H12N4. The van der Waals surface area contributed by atoms with Crippen molar-refractivity contribution >= 4 is 22.1 Å². The first-order chi connectivity index (χ1) is 9.81. The standard InChI is InChI=1S/C16H12N4/c1-10-4-2-6-12-14(10)20-16(18-12)13-8-7-11-5-3-9-17-15(11)19-13/h2-9H,1H3,(H,18,20). The van der Waals surface area contributed by atoms with E-state index in [1.807, 2.05) is 36.4 Å². The zero-order valence-electron chi connectivity index (χ0n) is 11.0. The van der Waals surface area contributed by atoms with Gasteiger partial charge in [-0.25, -0.2) is 15.0 Å². The van der Waals surface area contributed by atoms with Crippen molar-refractivity contribution in [2.24, 2.45) is 0 Å². The maximum atomic E-state index is 4.64. The van der Waals surface area contributed by atoms with Crippen LogP contribution in [0.2, 0.25) is 0 Å². The van der Waals surface area contributed by atoms with Crippen LogP contribution >= 0.6 is 0 Å². The minimum atomic E-state index is 0.738. The van der Waals surface area contributed by atoms with Gasteiger partial charge >= 0.3 is 0 Å². The summed E-state index contributed by atoms with van der Waals surface area (Å²) in [5.41, 5.74) is 4.73. The second kappa shape index (κ2) is 4.13. The molecule has 0 amide bonds. The van der Waals surface area contributed by atoms with E-state index in [1.165, 1.54) is 0 Å². The van der Waals surface area contributed by atoms with E-state index < -0.39 is 0 Å². The van der Waals surface area contributed by atoms with Crippen LogP contribution in [0.3, 0.4) is 0 Å². The van der Waals surface area contributed by atoms with Crippen molar-refractivity contribution in [2.45, 2.75) is 6.92 Å². The highest BCUT2D eigenvalue weighted by Gasteiger charge is 2.08. The number of nitrogens with zero attached hydrogens (tertiary/aromatic N) is 3. The van der Waals surface area contributed by atoms with Crippen molar-refractivity contribution in [3.05, 3.63) is 54.2 Å². The van der Waals surface area contributed by atoms with Crippen LogP contribution in [0.15, 0.2) is 48.7 Å². The Morgan fingerprint density at radius 1 is 0.950 bits per heavy atom. The van der Waals surface area contributed by atoms with Gasteiger partial charge in [-0.1, -0.05) is 12.1 Å². The third-order valence-electron chi connectivity index (χ3n) is 3.42. The van der Waals surface area contributed by atoms with Gasteiger partial charge in [0.05, 0.1) is 11.0 Å². The van der Waals surface area contributed by atoms with E-state index in [4.69, 9.17) is 0 Å². The topological polar surface area (TPSA) is 54.5 Å². The Morgan fingerprint density at radius 3 is 2.80 bits per heavy atom. The first kappa shape index (κ1) is 11.1. The summed E-state index contributed by atoms with van der Waals surface area (Å²) in [5, 5.41) is 1.03. The number of benzene rings is 1. The Morgan fingerprint density at radius 2 is 1.90 bits per heavy atom. The van der Waals surface area contributed by atoms with Crippen molar-refractivity contribution < 1.29 is 0 Å². The van der Waals surface area contributed by atoms with E-state index in [9.17, 15) is 0 Å². The Kier molecular flexibility index (Phi) is 2.29. The summed E-state index contributed by atoms with van der Waals surface area (Å²) in [6, 6.07) is 14.0. The molecule has 20 heavy (non-hydrogen) atoms. The van der Waals surface area contributed by atoms with Gasteiger partial charge in [0.2, 0.25) is 0 Å². The number of para-hydroxylation sites is 1. The first-order valence-corrected chi connectivity index (χ1v) is 6.49. The van der Waals surface area contributed by atoms with Crippen LogP contribution in [0.25, 0.3) is 33.6 Å². The summed E-state index contributed by atoms with van der Waals surface area (Å²) in [6.07, 6.45) is 1.75. The van der Waals surface area contributed by atoms with Crippen LogP contribution in [-0.4, -0.2) is 19.9 Å². The van der Waals surface area contributed by atoms with E-state index in [-0.39, 0.29) is 0 Å². The van der Waals surface area contributed by atoms with E-state index in [0.717, 1.165) is 39.1 Å². The third kappa shape index (κ3) is 1.66. The van der Waals surface area contributed by atoms with Gasteiger partial charge in [0.15, 0.2) is 11.5 Å². The second-order valence-electron chi connectivity index (χ2n) is 4.80. The highest BCUT2D eigenvalue weighted by Crippen LogP contribution is 2.22. The molecule has 1 N–H and O–H groups in total. The zero-order valence-corrected chi connectivity index (χ0v) is 11.0. The maximum Gasteiger partial charge on any atom is 0.159 e. The number of hydrogen-bond donors (Lipinski definition) is 1. The molecule has 96 valence electrons. The molecule has 4 heteroatoms. The van der Waals surface area contributed by atoms with Gasteiger partial charge in [0.25, 0.3) is 0 Å². The van der Waals surface area contributed by atoms with Crippen LogP contribution in [0.4, 0.5) is 0 Å². The molecule has 0 spiro atoms. The minimum absolute atomic E-state index is 0.738. The molecule has 0 saturated heterocycles. The quantitative estimate of drug-likeness (QED) is 0.570. The van der Waals surface area contributed by atoms with Gasteiger partial charge in [-0.15, -0.1) is 0 Å². The molecule has 0 radical (unpaired) electrons. The summed E-state index contributed by atoms with van der Waals surface area (Å²) < 4.78 is 0. The number of aromatic nitrogens is 4. The van der Waals surface area contributed by atoms with E-state index in [2.05, 4.69) is 32.9 Å². The molecule has 3 heterocycles. The average molecular weight is 260 g/mol. The normalized spacial score (nSPS) is 11.2. The second-order valence-corrected chi connectivity index (χ2v) is 4.80. The maximum absolute atomic E-state index is 4.64. The summed E-state index contributed by atoms with van der Waals surface area (Å²) >= 11 is 0. The molecule has 1 aromatic carbocycles. The number of rotatable bonds is 1. The van der Waals surface area contributed by atoms with E-state index in [1.54, 1.807) is 6.20 Å². The number of hydrogen-bond acceptors (Lipinski definition) is 3. The fourth-order valence-corrected chi connectivity index (χ4v) is 2.38. The molecule has 0 saturated carbocycles. The van der Waals surface area contributed by atoms with Gasteiger partial charge in [0.1, 0.15) is 5.69 Å². The number of imidazole rings is 1. The summed E-state index contributed by atoms with van der Waals surface area (Å²) in [4.78, 5) is 16.8. The molecule has 0 fully saturated rings. The van der Waals surface area contributed by atoms with Gasteiger partial charge in [0, 0.05) is 11.6 Å². The summed E-state index contributed by atoms with van der Waals surface area (Å²) in [7, 11) is 0. The summed E-state index contributed by atoms with van der Waals surface area (Å²) in [6.45, 7) is 2.06. The zero-order chi connectivity index (χ0) is 13.5. The number of H-pyrrole nitrogens is 1. The lowest BCUT2D eigenvalue weighted by molar-refractivity contribution is 1.23. The molecule has 0 aliphatic rings. The third-order valence-corrected chi connectivity index (χ3v) is 3.42. The van der Waals surface area contributed by atoms with Crippen LogP contribution in [0.5, 0.6) is 0 Å². The molecule has 0 bridgehead atoms. The number of aromatic amines is 1. The van der Waals surface area contributed by atoms with Crippen molar-refractivity contribution in [2.75, 3.05) is 0 Å². The lowest BCUT2D eigenvalue weighted by Gasteiger charge is -1.98. The molecule has 4 nitrogen and oxygen atoms in total. The van der Waals surface area contributed by atoms with Gasteiger partial charge in [-0.3, -0.25) is 0 Å². The van der Waals surface area contributed by atoms with Crippen molar-refractivity contribution in [3.63, 3.8) is 0 Å². The van der Waals surface area contributed by atoms with Crippen LogP contribution in [0.1, 0.15) is 5.56 Å². The molecule has 4 aromatic rings. The predicted octanol–water partition coefficient (Wildman–Crippen LogP) is 3.48. The SMILES string of the molecule is Cc1cccc2[nH]c(-c3ccc4cccnc4n3)nc12. The number of fused-ring (bicyclic) bond motifs is 2. The van der Waals surface area contributed by atoms with Gasteiger partial charge < -0.3 is 4.98 Å². The Balaban J connectivity index is 1.94. The van der Waals surface area contributed by atoms with Crippen molar-refractivity contribution in [1.29, 1.82) is 0 Å². The molecular weight excluding hydrogens is 248 g/mol. The van der Waals surface area contributed by atoms with Crippen LogP contribution < -0.4 is 0 Å². The molecule has 0 atom stereocenters. The van der Waals surface area contributed by atoms with Crippen LogP contribution in [-0.2, 0) is 0 Å².